The molecule has 0 bridgehead atoms. The Morgan fingerprint density at radius 3 is 2.86 bits per heavy atom. The second-order valence-electron chi connectivity index (χ2n) is 7.26. The van der Waals surface area contributed by atoms with Crippen LogP contribution in [0.15, 0.2) is 47.6 Å². The molecule has 3 N–H and O–H groups in total. The predicted octanol–water partition coefficient (Wildman–Crippen LogP) is 3.97. The van der Waals surface area contributed by atoms with Crippen LogP contribution in [0.25, 0.3) is 0 Å². The van der Waals surface area contributed by atoms with Crippen LogP contribution in [-0.4, -0.2) is 36.7 Å². The van der Waals surface area contributed by atoms with E-state index in [9.17, 15) is 0 Å². The molecule has 1 fully saturated rings. The van der Waals surface area contributed by atoms with Gasteiger partial charge in [-0.3, -0.25) is 0 Å². The van der Waals surface area contributed by atoms with Crippen molar-refractivity contribution in [1.29, 1.82) is 0 Å². The van der Waals surface area contributed by atoms with Crippen LogP contribution in [0.3, 0.4) is 0 Å². The van der Waals surface area contributed by atoms with Crippen LogP contribution >= 0.6 is 24.0 Å². The van der Waals surface area contributed by atoms with Crippen LogP contribution in [-0.2, 0) is 11.3 Å². The summed E-state index contributed by atoms with van der Waals surface area (Å²) in [5.74, 6) is 1.86. The molecule has 0 radical (unpaired) electrons. The third-order valence-electron chi connectivity index (χ3n) is 4.63. The van der Waals surface area contributed by atoms with E-state index in [-0.39, 0.29) is 30.1 Å². The first kappa shape index (κ1) is 22.4. The van der Waals surface area contributed by atoms with E-state index < -0.39 is 0 Å². The number of pyridine rings is 1. The van der Waals surface area contributed by atoms with Crippen LogP contribution in [0.4, 0.5) is 11.5 Å². The quantitative estimate of drug-likeness (QED) is 0.373. The molecular weight excluding hydrogens is 465 g/mol. The number of guanidine groups is 1. The molecule has 1 aliphatic rings. The highest BCUT2D eigenvalue weighted by atomic mass is 127. The summed E-state index contributed by atoms with van der Waals surface area (Å²) in [5, 5.41) is 3.16. The Kier molecular flexibility index (Phi) is 8.50. The number of nitrogens with zero attached hydrogens (tertiary/aromatic N) is 3. The number of halogens is 1. The second kappa shape index (κ2) is 10.6. The highest BCUT2D eigenvalue weighted by Gasteiger charge is 2.17. The van der Waals surface area contributed by atoms with Gasteiger partial charge >= 0.3 is 0 Å². The molecule has 1 aromatic heterocycles. The topological polar surface area (TPSA) is 75.8 Å². The summed E-state index contributed by atoms with van der Waals surface area (Å²) in [6.07, 6.45) is 2.11. The summed E-state index contributed by atoms with van der Waals surface area (Å²) in [6.45, 7) is 9.42. The first-order valence-corrected chi connectivity index (χ1v) is 9.49. The van der Waals surface area contributed by atoms with Crippen molar-refractivity contribution in [3.8, 4) is 0 Å². The molecule has 1 saturated heterocycles. The third-order valence-corrected chi connectivity index (χ3v) is 4.63. The van der Waals surface area contributed by atoms with Crippen molar-refractivity contribution in [3.63, 3.8) is 0 Å². The number of ether oxygens (including phenoxy) is 1. The number of nitrogens with one attached hydrogen (secondary N) is 1. The maximum absolute atomic E-state index is 6.04. The molecule has 0 saturated carbocycles. The van der Waals surface area contributed by atoms with E-state index in [1.54, 1.807) is 0 Å². The minimum atomic E-state index is 0. The number of aromatic nitrogens is 1. The van der Waals surface area contributed by atoms with Gasteiger partial charge in [-0.05, 0) is 42.2 Å². The normalized spacial score (nSPS) is 17.4. The lowest BCUT2D eigenvalue weighted by Gasteiger charge is -2.32. The molecule has 7 heteroatoms. The number of hydrogen-bond donors (Lipinski definition) is 2. The Hall–Kier alpha value is -1.87. The molecule has 3 rings (SSSR count). The monoisotopic (exact) mass is 495 g/mol. The molecule has 2 aromatic rings. The van der Waals surface area contributed by atoms with Crippen LogP contribution in [0.1, 0.15) is 37.8 Å². The van der Waals surface area contributed by atoms with E-state index in [1.807, 2.05) is 24.4 Å². The first-order chi connectivity index (χ1) is 13.0. The average Bonchev–Trinajstić information content (AvgIpc) is 2.67. The maximum atomic E-state index is 6.04. The molecule has 1 atom stereocenters. The van der Waals surface area contributed by atoms with Crippen LogP contribution in [0, 0.1) is 0 Å². The fourth-order valence-electron chi connectivity index (χ4n) is 3.06. The number of hydrogen-bond acceptors (Lipinski definition) is 4. The maximum Gasteiger partial charge on any atom is 0.193 e. The van der Waals surface area contributed by atoms with Crippen LogP contribution in [0.5, 0.6) is 0 Å². The highest BCUT2D eigenvalue weighted by molar-refractivity contribution is 14.0. The molecule has 1 aromatic carbocycles. The summed E-state index contributed by atoms with van der Waals surface area (Å²) in [5.41, 5.74) is 9.29. The standard InChI is InChI=1S/C21H29N5O.HI/c1-15(2)18-5-4-6-19(11-18)25-21(22)24-13-17-7-8-20(23-12-17)26-9-10-27-16(3)14-26;/h4-8,11-12,15-16H,9-10,13-14H2,1-3H3,(H3,22,24,25);1H. The summed E-state index contributed by atoms with van der Waals surface area (Å²) in [4.78, 5) is 11.2. The molecule has 152 valence electrons. The van der Waals surface area contributed by atoms with Gasteiger partial charge in [-0.15, -0.1) is 24.0 Å². The summed E-state index contributed by atoms with van der Waals surface area (Å²) < 4.78 is 5.58. The SMILES string of the molecule is CC1CN(c2ccc(CN=C(N)Nc3cccc(C(C)C)c3)cn2)CCO1.I. The number of benzene rings is 1. The first-order valence-electron chi connectivity index (χ1n) is 9.49. The van der Waals surface area contributed by atoms with Gasteiger partial charge in [0.05, 0.1) is 19.3 Å². The number of nitrogens with two attached hydrogens (primary N) is 1. The van der Waals surface area contributed by atoms with Crippen molar-refractivity contribution >= 4 is 41.4 Å². The van der Waals surface area contributed by atoms with Gasteiger partial charge in [-0.2, -0.15) is 0 Å². The lowest BCUT2D eigenvalue weighted by Crippen LogP contribution is -2.41. The van der Waals surface area contributed by atoms with E-state index in [2.05, 4.69) is 59.2 Å². The fraction of sp³-hybridized carbons (Fsp3) is 0.429. The van der Waals surface area contributed by atoms with Gasteiger partial charge in [0.15, 0.2) is 5.96 Å². The van der Waals surface area contributed by atoms with E-state index in [0.29, 0.717) is 18.4 Å². The van der Waals surface area contributed by atoms with Crippen molar-refractivity contribution in [3.05, 3.63) is 53.7 Å². The largest absolute Gasteiger partial charge is 0.375 e. The molecule has 0 amide bonds. The van der Waals surface area contributed by atoms with E-state index in [0.717, 1.165) is 36.8 Å². The van der Waals surface area contributed by atoms with E-state index >= 15 is 0 Å². The summed E-state index contributed by atoms with van der Waals surface area (Å²) in [6, 6.07) is 12.3. The van der Waals surface area contributed by atoms with Crippen molar-refractivity contribution in [2.24, 2.45) is 10.7 Å². The third kappa shape index (κ3) is 6.34. The number of aliphatic imine (C=N–C) groups is 1. The van der Waals surface area contributed by atoms with Crippen molar-refractivity contribution in [2.75, 3.05) is 29.9 Å². The van der Waals surface area contributed by atoms with E-state index in [1.165, 1.54) is 5.56 Å². The molecule has 6 nitrogen and oxygen atoms in total. The Morgan fingerprint density at radius 2 is 2.18 bits per heavy atom. The molecule has 0 aliphatic carbocycles. The minimum absolute atomic E-state index is 0. The lowest BCUT2D eigenvalue weighted by molar-refractivity contribution is 0.0529. The summed E-state index contributed by atoms with van der Waals surface area (Å²) >= 11 is 0. The zero-order chi connectivity index (χ0) is 19.2. The van der Waals surface area contributed by atoms with Crippen molar-refractivity contribution in [2.45, 2.75) is 39.3 Å². The number of morpholine rings is 1. The Labute approximate surface area is 184 Å². The van der Waals surface area contributed by atoms with Gasteiger partial charge < -0.3 is 20.7 Å². The van der Waals surface area contributed by atoms with Crippen molar-refractivity contribution < 1.29 is 4.74 Å². The van der Waals surface area contributed by atoms with Gasteiger partial charge in [0.25, 0.3) is 0 Å². The molecule has 1 aliphatic heterocycles. The van der Waals surface area contributed by atoms with Gasteiger partial charge in [0.2, 0.25) is 0 Å². The van der Waals surface area contributed by atoms with Gasteiger partial charge in [0.1, 0.15) is 5.82 Å². The van der Waals surface area contributed by atoms with E-state index in [4.69, 9.17) is 10.5 Å². The Bertz CT molecular complexity index is 779. The van der Waals surface area contributed by atoms with Gasteiger partial charge in [0, 0.05) is 25.0 Å². The van der Waals surface area contributed by atoms with Crippen LogP contribution < -0.4 is 16.0 Å². The fourth-order valence-corrected chi connectivity index (χ4v) is 3.06. The highest BCUT2D eigenvalue weighted by Crippen LogP contribution is 2.18. The molecule has 1 unspecified atom stereocenters. The van der Waals surface area contributed by atoms with Gasteiger partial charge in [-0.1, -0.05) is 32.0 Å². The number of anilines is 2. The Balaban J connectivity index is 0.00000280. The Morgan fingerprint density at radius 1 is 1.36 bits per heavy atom. The zero-order valence-electron chi connectivity index (χ0n) is 16.8. The molecule has 2 heterocycles. The van der Waals surface area contributed by atoms with Crippen molar-refractivity contribution in [1.82, 2.24) is 4.98 Å². The summed E-state index contributed by atoms with van der Waals surface area (Å²) in [7, 11) is 0. The molecular formula is C21H30IN5O. The molecule has 28 heavy (non-hydrogen) atoms. The lowest BCUT2D eigenvalue weighted by atomic mass is 10.0. The van der Waals surface area contributed by atoms with Crippen LogP contribution in [0.2, 0.25) is 0 Å². The average molecular weight is 495 g/mol. The minimum Gasteiger partial charge on any atom is -0.375 e. The predicted molar refractivity (Wildman–Crippen MR) is 127 cm³/mol. The smallest absolute Gasteiger partial charge is 0.193 e. The van der Waals surface area contributed by atoms with Gasteiger partial charge in [-0.25, -0.2) is 9.98 Å². The second-order valence-corrected chi connectivity index (χ2v) is 7.26. The number of rotatable bonds is 5. The zero-order valence-corrected chi connectivity index (χ0v) is 19.1. The molecule has 0 spiro atoms.